The number of benzene rings is 2. The number of carbonyl (C=O) groups is 2. The van der Waals surface area contributed by atoms with E-state index >= 15 is 0 Å². The highest BCUT2D eigenvalue weighted by Crippen LogP contribution is 2.23. The molecule has 0 unspecified atom stereocenters. The Morgan fingerprint density at radius 1 is 0.914 bits per heavy atom. The Morgan fingerprint density at radius 2 is 1.66 bits per heavy atom. The predicted molar refractivity (Wildman–Crippen MR) is 125 cm³/mol. The molecule has 7 nitrogen and oxygen atoms in total. The molecule has 1 amide bonds. The monoisotopic (exact) mass is 475 g/mol. The van der Waals surface area contributed by atoms with E-state index in [0.717, 1.165) is 11.1 Å². The first-order valence-electron chi connectivity index (χ1n) is 10.8. The third-order valence-corrected chi connectivity index (χ3v) is 5.08. The van der Waals surface area contributed by atoms with Crippen molar-refractivity contribution in [1.82, 2.24) is 5.32 Å². The van der Waals surface area contributed by atoms with Gasteiger partial charge in [-0.2, -0.15) is 0 Å². The SMILES string of the molecule is CC(=O)NCc1cc(=O)c(OCc2ccccc2)c(C(=O)c2ccc(Cc3ccc(F)cc3)o2)o1. The summed E-state index contributed by atoms with van der Waals surface area (Å²) >= 11 is 0. The molecule has 0 aliphatic rings. The quantitative estimate of drug-likeness (QED) is 0.360. The van der Waals surface area contributed by atoms with Gasteiger partial charge in [-0.1, -0.05) is 42.5 Å². The molecular formula is C27H22FNO6. The van der Waals surface area contributed by atoms with Gasteiger partial charge in [-0.25, -0.2) is 4.39 Å². The molecule has 0 aliphatic heterocycles. The maximum Gasteiger partial charge on any atom is 0.267 e. The maximum absolute atomic E-state index is 13.3. The molecule has 4 aromatic rings. The standard InChI is InChI=1S/C27H22FNO6/c1-17(30)29-15-22-14-23(31)26(33-16-19-5-3-2-4-6-19)27(35-22)25(32)24-12-11-21(34-24)13-18-7-9-20(28)10-8-18/h2-12,14H,13,15-16H2,1H3,(H,29,30). The summed E-state index contributed by atoms with van der Waals surface area (Å²) in [5.41, 5.74) is 1.04. The molecule has 2 aromatic carbocycles. The fourth-order valence-corrected chi connectivity index (χ4v) is 3.36. The van der Waals surface area contributed by atoms with Crippen LogP contribution in [0.4, 0.5) is 4.39 Å². The molecule has 2 aromatic heterocycles. The van der Waals surface area contributed by atoms with Crippen molar-refractivity contribution < 1.29 is 27.6 Å². The molecule has 0 radical (unpaired) electrons. The Balaban J connectivity index is 1.62. The lowest BCUT2D eigenvalue weighted by Gasteiger charge is -2.11. The van der Waals surface area contributed by atoms with Gasteiger partial charge in [0, 0.05) is 19.4 Å². The first kappa shape index (κ1) is 23.7. The molecule has 0 atom stereocenters. The number of amides is 1. The maximum atomic E-state index is 13.3. The molecule has 2 heterocycles. The third kappa shape index (κ3) is 6.11. The summed E-state index contributed by atoms with van der Waals surface area (Å²) in [5.74, 6) is -1.39. The van der Waals surface area contributed by atoms with Gasteiger partial charge in [0.2, 0.25) is 22.8 Å². The zero-order valence-electron chi connectivity index (χ0n) is 18.9. The highest BCUT2D eigenvalue weighted by atomic mass is 19.1. The van der Waals surface area contributed by atoms with Gasteiger partial charge in [-0.05, 0) is 35.4 Å². The molecule has 0 saturated carbocycles. The zero-order valence-corrected chi connectivity index (χ0v) is 18.9. The van der Waals surface area contributed by atoms with Gasteiger partial charge in [-0.3, -0.25) is 14.4 Å². The first-order valence-corrected chi connectivity index (χ1v) is 10.8. The molecule has 0 saturated heterocycles. The van der Waals surface area contributed by atoms with E-state index in [1.807, 2.05) is 30.3 Å². The highest BCUT2D eigenvalue weighted by Gasteiger charge is 2.25. The largest absolute Gasteiger partial charge is 0.481 e. The van der Waals surface area contributed by atoms with E-state index < -0.39 is 11.2 Å². The number of hydrogen-bond donors (Lipinski definition) is 1. The minimum absolute atomic E-state index is 0.0465. The predicted octanol–water partition coefficient (Wildman–Crippen LogP) is 4.41. The van der Waals surface area contributed by atoms with E-state index in [-0.39, 0.29) is 47.9 Å². The molecule has 0 aliphatic carbocycles. The van der Waals surface area contributed by atoms with Crippen molar-refractivity contribution in [2.45, 2.75) is 26.5 Å². The van der Waals surface area contributed by atoms with Crippen LogP contribution < -0.4 is 15.5 Å². The number of carbonyl (C=O) groups excluding carboxylic acids is 2. The molecule has 8 heteroatoms. The van der Waals surface area contributed by atoms with Crippen molar-refractivity contribution in [2.24, 2.45) is 0 Å². The van der Waals surface area contributed by atoms with Gasteiger partial charge in [0.25, 0.3) is 5.78 Å². The highest BCUT2D eigenvalue weighted by molar-refractivity contribution is 6.06. The van der Waals surface area contributed by atoms with Crippen LogP contribution in [0.3, 0.4) is 0 Å². The van der Waals surface area contributed by atoms with Gasteiger partial charge in [0.15, 0.2) is 5.76 Å². The fourth-order valence-electron chi connectivity index (χ4n) is 3.36. The van der Waals surface area contributed by atoms with E-state index in [1.165, 1.54) is 31.2 Å². The van der Waals surface area contributed by atoms with Gasteiger partial charge in [-0.15, -0.1) is 0 Å². The van der Waals surface area contributed by atoms with E-state index in [4.69, 9.17) is 13.6 Å². The Labute approximate surface area is 200 Å². The van der Waals surface area contributed by atoms with Crippen LogP contribution in [0.1, 0.15) is 45.9 Å². The normalized spacial score (nSPS) is 10.7. The van der Waals surface area contributed by atoms with Crippen molar-refractivity contribution in [3.05, 3.63) is 123 Å². The second-order valence-electron chi connectivity index (χ2n) is 7.82. The summed E-state index contributed by atoms with van der Waals surface area (Å²) in [4.78, 5) is 37.4. The minimum atomic E-state index is -0.680. The van der Waals surface area contributed by atoms with E-state index in [0.29, 0.717) is 12.2 Å². The van der Waals surface area contributed by atoms with Crippen molar-refractivity contribution >= 4 is 11.7 Å². The first-order chi connectivity index (χ1) is 16.9. The summed E-state index contributed by atoms with van der Waals surface area (Å²) in [7, 11) is 0. The van der Waals surface area contributed by atoms with Gasteiger partial charge < -0.3 is 18.9 Å². The van der Waals surface area contributed by atoms with Crippen molar-refractivity contribution in [2.75, 3.05) is 0 Å². The van der Waals surface area contributed by atoms with Crippen LogP contribution in [0, 0.1) is 5.82 Å². The molecule has 4 rings (SSSR count). The fraction of sp³-hybridized carbons (Fsp3) is 0.148. The van der Waals surface area contributed by atoms with E-state index in [9.17, 15) is 18.8 Å². The summed E-state index contributed by atoms with van der Waals surface area (Å²) in [5, 5.41) is 2.53. The Bertz CT molecular complexity index is 1390. The van der Waals surface area contributed by atoms with Crippen molar-refractivity contribution in [3.8, 4) is 5.75 Å². The molecule has 178 valence electrons. The zero-order chi connectivity index (χ0) is 24.8. The summed E-state index contributed by atoms with van der Waals surface area (Å²) in [6, 6.07) is 19.4. The molecule has 0 fully saturated rings. The number of rotatable bonds is 9. The van der Waals surface area contributed by atoms with Crippen molar-refractivity contribution in [1.29, 1.82) is 0 Å². The lowest BCUT2D eigenvalue weighted by Crippen LogP contribution is -2.21. The lowest BCUT2D eigenvalue weighted by atomic mass is 10.1. The topological polar surface area (TPSA) is 98.8 Å². The molecular weight excluding hydrogens is 453 g/mol. The number of halogens is 1. The van der Waals surface area contributed by atoms with Gasteiger partial charge in [0.1, 0.15) is 23.9 Å². The Kier molecular flexibility index (Phi) is 7.21. The Morgan fingerprint density at radius 3 is 2.37 bits per heavy atom. The Hall–Kier alpha value is -4.46. The lowest BCUT2D eigenvalue weighted by molar-refractivity contribution is -0.119. The van der Waals surface area contributed by atoms with Crippen LogP contribution in [-0.4, -0.2) is 11.7 Å². The average molecular weight is 475 g/mol. The van der Waals surface area contributed by atoms with E-state index in [2.05, 4.69) is 5.32 Å². The van der Waals surface area contributed by atoms with Crippen LogP contribution in [0.25, 0.3) is 0 Å². The number of nitrogens with one attached hydrogen (secondary N) is 1. The number of hydrogen-bond acceptors (Lipinski definition) is 6. The summed E-state index contributed by atoms with van der Waals surface area (Å²) < 4.78 is 30.2. The smallest absolute Gasteiger partial charge is 0.267 e. The number of ether oxygens (including phenoxy) is 1. The van der Waals surface area contributed by atoms with Crippen LogP contribution >= 0.6 is 0 Å². The number of ketones is 1. The summed E-state index contributed by atoms with van der Waals surface area (Å²) in [6.07, 6.45) is 0.345. The number of furan rings is 1. The van der Waals surface area contributed by atoms with Crippen LogP contribution in [0.5, 0.6) is 5.75 Å². The third-order valence-electron chi connectivity index (χ3n) is 5.08. The van der Waals surface area contributed by atoms with Gasteiger partial charge >= 0.3 is 0 Å². The van der Waals surface area contributed by atoms with Crippen LogP contribution in [0.15, 0.2) is 86.4 Å². The second kappa shape index (κ2) is 10.6. The molecule has 35 heavy (non-hydrogen) atoms. The average Bonchev–Trinajstić information content (AvgIpc) is 3.32. The van der Waals surface area contributed by atoms with Gasteiger partial charge in [0.05, 0.1) is 6.54 Å². The summed E-state index contributed by atoms with van der Waals surface area (Å²) in [6.45, 7) is 1.30. The molecule has 1 N–H and O–H groups in total. The van der Waals surface area contributed by atoms with Crippen molar-refractivity contribution in [3.63, 3.8) is 0 Å². The van der Waals surface area contributed by atoms with Crippen LogP contribution in [0.2, 0.25) is 0 Å². The second-order valence-corrected chi connectivity index (χ2v) is 7.82. The molecule has 0 spiro atoms. The molecule has 0 bridgehead atoms. The van der Waals surface area contributed by atoms with Crippen LogP contribution in [-0.2, 0) is 24.4 Å². The van der Waals surface area contributed by atoms with E-state index in [1.54, 1.807) is 18.2 Å². The minimum Gasteiger partial charge on any atom is -0.481 e.